The quantitative estimate of drug-likeness (QED) is 0.735. The molecule has 5 heteroatoms. The Morgan fingerprint density at radius 1 is 1.39 bits per heavy atom. The van der Waals surface area contributed by atoms with Gasteiger partial charge < -0.3 is 14.2 Å². The van der Waals surface area contributed by atoms with E-state index in [-0.39, 0.29) is 0 Å². The molecule has 94 valence electrons. The number of nitrogens with zero attached hydrogens (tertiary/aromatic N) is 3. The van der Waals surface area contributed by atoms with Gasteiger partial charge in [0.2, 0.25) is 0 Å². The topological polar surface area (TPSA) is 30.3 Å². The van der Waals surface area contributed by atoms with Crippen LogP contribution in [0.15, 0.2) is 18.5 Å². The molecule has 2 aromatic heterocycles. The number of hydrogen-bond acceptors (Lipinski definition) is 3. The van der Waals surface area contributed by atoms with Gasteiger partial charge in [-0.15, -0.1) is 0 Å². The molecule has 2 aromatic rings. The average Bonchev–Trinajstić information content (AvgIpc) is 2.64. The van der Waals surface area contributed by atoms with E-state index in [4.69, 9.17) is 4.74 Å². The maximum Gasteiger partial charge on any atom is 0.140 e. The van der Waals surface area contributed by atoms with E-state index < -0.39 is 0 Å². The lowest BCUT2D eigenvalue weighted by molar-refractivity contribution is -0.133. The molecule has 0 aromatic carbocycles. The summed E-state index contributed by atoms with van der Waals surface area (Å²) in [4.78, 5) is 6.99. The van der Waals surface area contributed by atoms with E-state index in [2.05, 4.69) is 49.3 Å². The smallest absolute Gasteiger partial charge is 0.140 e. The normalized spacial score (nSPS) is 26.4. The predicted octanol–water partition coefficient (Wildman–Crippen LogP) is 2.16. The van der Waals surface area contributed by atoms with Gasteiger partial charge in [0, 0.05) is 41.7 Å². The second-order valence-electron chi connectivity index (χ2n) is 5.17. The van der Waals surface area contributed by atoms with Crippen molar-refractivity contribution in [3.8, 4) is 0 Å². The lowest BCUT2D eigenvalue weighted by Crippen LogP contribution is -2.57. The molecular formula is C13H14IN3O. The largest absolute Gasteiger partial charge is 0.371 e. The van der Waals surface area contributed by atoms with Gasteiger partial charge in [0.1, 0.15) is 5.65 Å². The van der Waals surface area contributed by atoms with E-state index in [1.165, 1.54) is 21.1 Å². The number of halogens is 1. The first-order valence-corrected chi connectivity index (χ1v) is 7.29. The lowest BCUT2D eigenvalue weighted by atomic mass is 9.98. The molecule has 5 heterocycles. The minimum Gasteiger partial charge on any atom is -0.371 e. The second kappa shape index (κ2) is 3.84. The van der Waals surface area contributed by atoms with Crippen LogP contribution in [0, 0.1) is 3.57 Å². The van der Waals surface area contributed by atoms with Crippen molar-refractivity contribution in [2.45, 2.75) is 18.6 Å². The van der Waals surface area contributed by atoms with Gasteiger partial charge in [-0.2, -0.15) is 0 Å². The summed E-state index contributed by atoms with van der Waals surface area (Å²) in [7, 11) is 2.04. The third-order valence-corrected chi connectivity index (χ3v) is 4.73. The van der Waals surface area contributed by atoms with E-state index >= 15 is 0 Å². The maximum absolute atomic E-state index is 5.67. The van der Waals surface area contributed by atoms with Crippen LogP contribution in [0.1, 0.15) is 6.42 Å². The van der Waals surface area contributed by atoms with Crippen LogP contribution in [0.2, 0.25) is 0 Å². The van der Waals surface area contributed by atoms with Crippen molar-refractivity contribution >= 4 is 39.3 Å². The van der Waals surface area contributed by atoms with Crippen molar-refractivity contribution < 1.29 is 4.74 Å². The van der Waals surface area contributed by atoms with Gasteiger partial charge in [0.25, 0.3) is 0 Å². The van der Waals surface area contributed by atoms with Crippen LogP contribution in [0.5, 0.6) is 0 Å². The maximum atomic E-state index is 5.67. The van der Waals surface area contributed by atoms with Crippen molar-refractivity contribution in [2.75, 3.05) is 18.0 Å². The number of anilines is 1. The molecule has 0 N–H and O–H groups in total. The zero-order valence-electron chi connectivity index (χ0n) is 10.1. The van der Waals surface area contributed by atoms with Gasteiger partial charge in [-0.05, 0) is 28.7 Å². The molecule has 2 atom stereocenters. The fraction of sp³-hybridized carbons (Fsp3) is 0.462. The number of hydrogen-bond donors (Lipinski definition) is 0. The first-order chi connectivity index (χ1) is 8.70. The van der Waals surface area contributed by atoms with E-state index in [1.54, 1.807) is 0 Å². The first kappa shape index (κ1) is 11.0. The summed E-state index contributed by atoms with van der Waals surface area (Å²) < 4.78 is 9.02. The number of piperidine rings is 1. The summed E-state index contributed by atoms with van der Waals surface area (Å²) >= 11 is 2.38. The minimum atomic E-state index is 0.439. The number of aryl methyl sites for hydroxylation is 1. The van der Waals surface area contributed by atoms with Crippen molar-refractivity contribution in [3.63, 3.8) is 0 Å². The number of morpholine rings is 1. The molecule has 0 amide bonds. The fourth-order valence-electron chi connectivity index (χ4n) is 2.94. The van der Waals surface area contributed by atoms with E-state index in [0.717, 1.165) is 18.7 Å². The highest BCUT2D eigenvalue weighted by atomic mass is 127. The molecule has 3 aliphatic rings. The minimum absolute atomic E-state index is 0.439. The fourth-order valence-corrected chi connectivity index (χ4v) is 3.76. The summed E-state index contributed by atoms with van der Waals surface area (Å²) in [6.07, 6.45) is 6.22. The van der Waals surface area contributed by atoms with Crippen LogP contribution in [0.3, 0.4) is 0 Å². The molecule has 0 saturated carbocycles. The van der Waals surface area contributed by atoms with Crippen LogP contribution in [-0.2, 0) is 11.8 Å². The molecule has 0 radical (unpaired) electrons. The molecule has 4 nitrogen and oxygen atoms in total. The number of aromatic nitrogens is 2. The number of ether oxygens (including phenoxy) is 1. The average molecular weight is 355 g/mol. The summed E-state index contributed by atoms with van der Waals surface area (Å²) in [6, 6.07) is 2.26. The van der Waals surface area contributed by atoms with Crippen molar-refractivity contribution in [2.24, 2.45) is 7.05 Å². The van der Waals surface area contributed by atoms with Crippen molar-refractivity contribution in [1.29, 1.82) is 0 Å². The van der Waals surface area contributed by atoms with Crippen LogP contribution >= 0.6 is 22.6 Å². The summed E-state index contributed by atoms with van der Waals surface area (Å²) in [5.41, 5.74) is 2.28. The molecule has 0 spiro atoms. The van der Waals surface area contributed by atoms with Crippen molar-refractivity contribution in [3.05, 3.63) is 22.0 Å². The highest BCUT2D eigenvalue weighted by molar-refractivity contribution is 14.1. The molecule has 3 fully saturated rings. The Hall–Kier alpha value is -0.820. The lowest BCUT2D eigenvalue weighted by Gasteiger charge is -2.47. The Balaban J connectivity index is 1.74. The monoisotopic (exact) mass is 355 g/mol. The Bertz CT molecular complexity index is 608. The Kier molecular flexibility index (Phi) is 2.35. The SMILES string of the molecule is Cn1cc(I)c2cc(N3CC4CC(C3)O4)cnc21. The van der Waals surface area contributed by atoms with Gasteiger partial charge in [-0.3, -0.25) is 0 Å². The predicted molar refractivity (Wildman–Crippen MR) is 78.9 cm³/mol. The Morgan fingerprint density at radius 2 is 2.11 bits per heavy atom. The highest BCUT2D eigenvalue weighted by Crippen LogP contribution is 2.32. The summed E-state index contributed by atoms with van der Waals surface area (Å²) in [6.45, 7) is 2.01. The van der Waals surface area contributed by atoms with Crippen molar-refractivity contribution in [1.82, 2.24) is 9.55 Å². The molecule has 2 unspecified atom stereocenters. The van der Waals surface area contributed by atoms with Crippen LogP contribution in [-0.4, -0.2) is 34.8 Å². The number of rotatable bonds is 1. The molecular weight excluding hydrogens is 341 g/mol. The van der Waals surface area contributed by atoms with Gasteiger partial charge in [-0.25, -0.2) is 4.98 Å². The number of pyridine rings is 1. The summed E-state index contributed by atoms with van der Waals surface area (Å²) in [5, 5.41) is 1.25. The highest BCUT2D eigenvalue weighted by Gasteiger charge is 2.38. The van der Waals surface area contributed by atoms with Crippen LogP contribution < -0.4 is 4.90 Å². The second-order valence-corrected chi connectivity index (χ2v) is 6.34. The Labute approximate surface area is 119 Å². The Morgan fingerprint density at radius 3 is 2.83 bits per heavy atom. The molecule has 2 bridgehead atoms. The van der Waals surface area contributed by atoms with Gasteiger partial charge in [0.15, 0.2) is 0 Å². The van der Waals surface area contributed by atoms with Gasteiger partial charge in [0.05, 0.1) is 24.1 Å². The third-order valence-electron chi connectivity index (χ3n) is 3.87. The van der Waals surface area contributed by atoms with E-state index in [9.17, 15) is 0 Å². The van der Waals surface area contributed by atoms with E-state index in [1.807, 2.05) is 13.2 Å². The standard InChI is InChI=1S/C13H14IN3O/c1-16-7-12(14)11-2-8(4-15-13(11)16)17-5-9-3-10(6-17)18-9/h2,4,7,9-10H,3,5-6H2,1H3. The van der Waals surface area contributed by atoms with E-state index in [0.29, 0.717) is 12.2 Å². The molecule has 18 heavy (non-hydrogen) atoms. The molecule has 5 rings (SSSR count). The van der Waals surface area contributed by atoms with Gasteiger partial charge in [-0.1, -0.05) is 0 Å². The van der Waals surface area contributed by atoms with Crippen LogP contribution in [0.25, 0.3) is 11.0 Å². The van der Waals surface area contributed by atoms with Crippen LogP contribution in [0.4, 0.5) is 5.69 Å². The number of fused-ring (bicyclic) bond motifs is 3. The molecule has 0 aliphatic carbocycles. The molecule has 3 saturated heterocycles. The zero-order chi connectivity index (χ0) is 12.3. The van der Waals surface area contributed by atoms with Gasteiger partial charge >= 0.3 is 0 Å². The molecule has 3 aliphatic heterocycles. The zero-order valence-corrected chi connectivity index (χ0v) is 12.3. The first-order valence-electron chi connectivity index (χ1n) is 6.21. The third kappa shape index (κ3) is 1.56. The summed E-state index contributed by atoms with van der Waals surface area (Å²) in [5.74, 6) is 0.